The minimum absolute atomic E-state index is 0.425. The second-order valence-corrected chi connectivity index (χ2v) is 4.50. The Balaban J connectivity index is 2.61. The maximum absolute atomic E-state index is 11.9. The zero-order valence-electron chi connectivity index (χ0n) is 11.3. The van der Waals surface area contributed by atoms with Gasteiger partial charge < -0.3 is 16.2 Å². The molecule has 0 saturated carbocycles. The van der Waals surface area contributed by atoms with E-state index in [1.54, 1.807) is 36.4 Å². The molecule has 0 aromatic heterocycles. The van der Waals surface area contributed by atoms with Crippen LogP contribution in [0.4, 0.5) is 0 Å². The van der Waals surface area contributed by atoms with Crippen LogP contribution in [0.25, 0.3) is 0 Å². The van der Waals surface area contributed by atoms with Gasteiger partial charge in [0.05, 0.1) is 0 Å². The summed E-state index contributed by atoms with van der Waals surface area (Å²) in [5.41, 5.74) is 5.72. The van der Waals surface area contributed by atoms with Gasteiger partial charge in [-0.1, -0.05) is 36.4 Å². The summed E-state index contributed by atoms with van der Waals surface area (Å²) in [7, 11) is 0. The summed E-state index contributed by atoms with van der Waals surface area (Å²) in [6, 6.07) is 7.74. The zero-order valence-corrected chi connectivity index (χ0v) is 11.3. The summed E-state index contributed by atoms with van der Waals surface area (Å²) in [5, 5.41) is 12.4. The highest BCUT2D eigenvalue weighted by atomic mass is 16.3. The van der Waals surface area contributed by atoms with Gasteiger partial charge in [0.1, 0.15) is 6.04 Å². The van der Waals surface area contributed by atoms with Crippen LogP contribution in [-0.4, -0.2) is 23.0 Å². The molecule has 0 spiro atoms. The lowest BCUT2D eigenvalue weighted by molar-refractivity contribution is -0.133. The van der Waals surface area contributed by atoms with E-state index in [0.717, 1.165) is 6.42 Å². The summed E-state index contributed by atoms with van der Waals surface area (Å²) >= 11 is 0. The number of benzene rings is 1. The lowest BCUT2D eigenvalue weighted by atomic mass is 10.1. The fourth-order valence-corrected chi connectivity index (χ4v) is 1.79. The standard InChI is InChI=1S/C15H20N2O3/c1-2-3-5-10-12(14(16)19)17-15(20)13(18)11-8-6-4-7-9-11/h2,4,6-9,12-13,18H,1,3,5,10H2,(H2,16,19)(H,17,20)/t12-,13+/m1/s1. The van der Waals surface area contributed by atoms with Gasteiger partial charge in [-0.05, 0) is 24.8 Å². The molecule has 0 bridgehead atoms. The predicted molar refractivity (Wildman–Crippen MR) is 76.6 cm³/mol. The molecule has 0 saturated heterocycles. The quantitative estimate of drug-likeness (QED) is 0.489. The van der Waals surface area contributed by atoms with Gasteiger partial charge in [-0.2, -0.15) is 0 Å². The minimum Gasteiger partial charge on any atom is -0.378 e. The molecule has 0 aliphatic rings. The van der Waals surface area contributed by atoms with E-state index < -0.39 is 24.0 Å². The number of carbonyl (C=O) groups excluding carboxylic acids is 2. The molecule has 1 rings (SSSR count). The van der Waals surface area contributed by atoms with Crippen LogP contribution in [0.2, 0.25) is 0 Å². The number of carbonyl (C=O) groups is 2. The second kappa shape index (κ2) is 8.12. The first kappa shape index (κ1) is 15.9. The van der Waals surface area contributed by atoms with Gasteiger partial charge in [-0.3, -0.25) is 9.59 Å². The third kappa shape index (κ3) is 4.85. The van der Waals surface area contributed by atoms with Crippen molar-refractivity contribution in [2.75, 3.05) is 0 Å². The summed E-state index contributed by atoms with van der Waals surface area (Å²) < 4.78 is 0. The lowest BCUT2D eigenvalue weighted by Gasteiger charge is -2.18. The number of aliphatic hydroxyl groups is 1. The van der Waals surface area contributed by atoms with Crippen molar-refractivity contribution in [1.82, 2.24) is 5.32 Å². The van der Waals surface area contributed by atoms with Crippen molar-refractivity contribution in [3.63, 3.8) is 0 Å². The Morgan fingerprint density at radius 2 is 2.00 bits per heavy atom. The largest absolute Gasteiger partial charge is 0.378 e. The average Bonchev–Trinajstić information content (AvgIpc) is 2.46. The predicted octanol–water partition coefficient (Wildman–Crippen LogP) is 1.05. The van der Waals surface area contributed by atoms with Crippen molar-refractivity contribution in [3.05, 3.63) is 48.6 Å². The van der Waals surface area contributed by atoms with Crippen LogP contribution < -0.4 is 11.1 Å². The molecule has 20 heavy (non-hydrogen) atoms. The number of aliphatic hydroxyl groups excluding tert-OH is 1. The van der Waals surface area contributed by atoms with Crippen LogP contribution in [0.15, 0.2) is 43.0 Å². The molecule has 0 radical (unpaired) electrons. The minimum atomic E-state index is -1.31. The zero-order chi connectivity index (χ0) is 15.0. The normalized spacial score (nSPS) is 13.2. The third-order valence-corrected chi connectivity index (χ3v) is 2.92. The van der Waals surface area contributed by atoms with Gasteiger partial charge >= 0.3 is 0 Å². The number of allylic oxidation sites excluding steroid dienone is 1. The molecule has 108 valence electrons. The highest BCUT2D eigenvalue weighted by molar-refractivity contribution is 5.88. The summed E-state index contributed by atoms with van der Waals surface area (Å²) in [4.78, 5) is 23.2. The fourth-order valence-electron chi connectivity index (χ4n) is 1.79. The van der Waals surface area contributed by atoms with E-state index >= 15 is 0 Å². The van der Waals surface area contributed by atoms with Gasteiger partial charge in [-0.15, -0.1) is 6.58 Å². The monoisotopic (exact) mass is 276 g/mol. The Bertz CT molecular complexity index is 459. The van der Waals surface area contributed by atoms with Crippen LogP contribution in [-0.2, 0) is 9.59 Å². The number of nitrogens with two attached hydrogens (primary N) is 1. The first-order valence-electron chi connectivity index (χ1n) is 6.50. The van der Waals surface area contributed by atoms with E-state index in [1.807, 2.05) is 0 Å². The Hall–Kier alpha value is -2.14. The SMILES string of the molecule is C=CCCC[C@@H](NC(=O)[C@@H](O)c1ccccc1)C(N)=O. The molecule has 0 aliphatic heterocycles. The number of amides is 2. The van der Waals surface area contributed by atoms with Crippen LogP contribution in [0.5, 0.6) is 0 Å². The maximum atomic E-state index is 11.9. The number of hydrogen-bond donors (Lipinski definition) is 3. The Morgan fingerprint density at radius 3 is 2.55 bits per heavy atom. The van der Waals surface area contributed by atoms with Crippen LogP contribution >= 0.6 is 0 Å². The van der Waals surface area contributed by atoms with Gasteiger partial charge in [0, 0.05) is 0 Å². The van der Waals surface area contributed by atoms with Gasteiger partial charge in [0.2, 0.25) is 5.91 Å². The fraction of sp³-hybridized carbons (Fsp3) is 0.333. The second-order valence-electron chi connectivity index (χ2n) is 4.50. The number of nitrogens with one attached hydrogen (secondary N) is 1. The molecule has 0 heterocycles. The molecule has 5 nitrogen and oxygen atoms in total. The van der Waals surface area contributed by atoms with Crippen molar-refractivity contribution in [3.8, 4) is 0 Å². The van der Waals surface area contributed by atoms with Crippen molar-refractivity contribution in [2.24, 2.45) is 5.73 Å². The van der Waals surface area contributed by atoms with Gasteiger partial charge in [0.25, 0.3) is 5.91 Å². The first-order valence-corrected chi connectivity index (χ1v) is 6.50. The maximum Gasteiger partial charge on any atom is 0.254 e. The molecule has 2 atom stereocenters. The Labute approximate surface area is 118 Å². The van der Waals surface area contributed by atoms with E-state index in [-0.39, 0.29) is 0 Å². The third-order valence-electron chi connectivity index (χ3n) is 2.92. The van der Waals surface area contributed by atoms with E-state index in [1.165, 1.54) is 0 Å². The number of primary amides is 1. The molecule has 0 unspecified atom stereocenters. The van der Waals surface area contributed by atoms with Crippen LogP contribution in [0.3, 0.4) is 0 Å². The summed E-state index contributed by atoms with van der Waals surface area (Å²) in [5.74, 6) is -1.23. The van der Waals surface area contributed by atoms with Gasteiger partial charge in [-0.25, -0.2) is 0 Å². The first-order chi connectivity index (χ1) is 9.56. The molecule has 4 N–H and O–H groups in total. The highest BCUT2D eigenvalue weighted by Gasteiger charge is 2.23. The number of rotatable bonds is 8. The molecule has 2 amide bonds. The Morgan fingerprint density at radius 1 is 1.35 bits per heavy atom. The van der Waals surface area contributed by atoms with Crippen molar-refractivity contribution in [2.45, 2.75) is 31.4 Å². The topological polar surface area (TPSA) is 92.4 Å². The van der Waals surface area contributed by atoms with E-state index in [0.29, 0.717) is 18.4 Å². The molecule has 5 heteroatoms. The van der Waals surface area contributed by atoms with Crippen molar-refractivity contribution < 1.29 is 14.7 Å². The summed E-state index contributed by atoms with van der Waals surface area (Å²) in [6.45, 7) is 3.59. The number of hydrogen-bond acceptors (Lipinski definition) is 3. The van der Waals surface area contributed by atoms with Gasteiger partial charge in [0.15, 0.2) is 6.10 Å². The van der Waals surface area contributed by atoms with E-state index in [2.05, 4.69) is 11.9 Å². The van der Waals surface area contributed by atoms with E-state index in [9.17, 15) is 14.7 Å². The molecule has 1 aromatic carbocycles. The number of unbranched alkanes of at least 4 members (excludes halogenated alkanes) is 1. The highest BCUT2D eigenvalue weighted by Crippen LogP contribution is 2.12. The van der Waals surface area contributed by atoms with E-state index in [4.69, 9.17) is 5.73 Å². The molecule has 0 aliphatic carbocycles. The smallest absolute Gasteiger partial charge is 0.254 e. The molecular weight excluding hydrogens is 256 g/mol. The lowest BCUT2D eigenvalue weighted by Crippen LogP contribution is -2.46. The molecule has 1 aromatic rings. The summed E-state index contributed by atoms with van der Waals surface area (Å²) in [6.07, 6.45) is 2.28. The molecular formula is C15H20N2O3. The van der Waals surface area contributed by atoms with Crippen molar-refractivity contribution >= 4 is 11.8 Å². The van der Waals surface area contributed by atoms with Crippen LogP contribution in [0, 0.1) is 0 Å². The van der Waals surface area contributed by atoms with Crippen LogP contribution in [0.1, 0.15) is 30.9 Å². The van der Waals surface area contributed by atoms with Crippen molar-refractivity contribution in [1.29, 1.82) is 0 Å². The molecule has 0 fully saturated rings. The Kier molecular flexibility index (Phi) is 6.46. The average molecular weight is 276 g/mol.